The Kier molecular flexibility index (Phi) is 6.88. The number of fused-ring (bicyclic) bond motifs is 1. The molecule has 4 aromatic rings. The summed E-state index contributed by atoms with van der Waals surface area (Å²) in [5, 5.41) is 3.26. The lowest BCUT2D eigenvalue weighted by molar-refractivity contribution is -0.142. The molecular weight excluding hydrogens is 442 g/mol. The fourth-order valence-electron chi connectivity index (χ4n) is 3.18. The quantitative estimate of drug-likeness (QED) is 0.216. The minimum absolute atomic E-state index is 0.253. The van der Waals surface area contributed by atoms with E-state index in [4.69, 9.17) is 17.0 Å². The molecule has 0 unspecified atom stereocenters. The van der Waals surface area contributed by atoms with Gasteiger partial charge in [-0.2, -0.15) is 0 Å². The van der Waals surface area contributed by atoms with Crippen LogP contribution in [0.25, 0.3) is 20.7 Å². The van der Waals surface area contributed by atoms with Crippen molar-refractivity contribution in [2.45, 2.75) is 12.5 Å². The Morgan fingerprint density at radius 1 is 1.09 bits per heavy atom. The predicted octanol–water partition coefficient (Wildman–Crippen LogP) is 3.93. The number of carbonyl (C=O) groups is 1. The van der Waals surface area contributed by atoms with Crippen molar-refractivity contribution in [3.63, 3.8) is 0 Å². The van der Waals surface area contributed by atoms with Gasteiger partial charge in [0, 0.05) is 11.3 Å². The highest BCUT2D eigenvalue weighted by atomic mass is 32.1. The monoisotopic (exact) mass is 463 g/mol. The number of nitrogens with one attached hydrogen (secondary N) is 3. The van der Waals surface area contributed by atoms with Crippen LogP contribution in [0.15, 0.2) is 73.1 Å². The summed E-state index contributed by atoms with van der Waals surface area (Å²) >= 11 is 6.97. The Bertz CT molecular complexity index is 1220. The number of esters is 1. The number of rotatable bonds is 7. The van der Waals surface area contributed by atoms with Crippen molar-refractivity contribution in [1.29, 1.82) is 0 Å². The number of ether oxygens (including phenoxy) is 1. The zero-order valence-corrected chi connectivity index (χ0v) is 18.9. The third kappa shape index (κ3) is 5.19. The van der Waals surface area contributed by atoms with Gasteiger partial charge in [-0.05, 0) is 29.4 Å². The van der Waals surface area contributed by atoms with Gasteiger partial charge in [0.2, 0.25) is 0 Å². The van der Waals surface area contributed by atoms with Crippen LogP contribution in [0.1, 0.15) is 5.56 Å². The topological polar surface area (TPSA) is 88.2 Å². The number of hydrazine groups is 1. The van der Waals surface area contributed by atoms with E-state index in [1.807, 2.05) is 54.6 Å². The van der Waals surface area contributed by atoms with Crippen molar-refractivity contribution >= 4 is 50.7 Å². The minimum atomic E-state index is -0.624. The highest BCUT2D eigenvalue weighted by Gasteiger charge is 2.20. The van der Waals surface area contributed by atoms with Crippen LogP contribution in [0, 0.1) is 0 Å². The number of aromatic nitrogens is 2. The van der Waals surface area contributed by atoms with E-state index in [0.29, 0.717) is 12.2 Å². The number of thiocarbonyl (C=S) groups is 1. The van der Waals surface area contributed by atoms with E-state index in [2.05, 4.69) is 38.3 Å². The summed E-state index contributed by atoms with van der Waals surface area (Å²) in [7, 11) is 1.36. The molecule has 32 heavy (non-hydrogen) atoms. The molecular formula is C23H21N5O2S2. The van der Waals surface area contributed by atoms with Crippen LogP contribution in [0.4, 0.5) is 5.82 Å². The lowest BCUT2D eigenvalue weighted by Crippen LogP contribution is -2.48. The second kappa shape index (κ2) is 10.2. The number of anilines is 1. The molecule has 0 aliphatic rings. The lowest BCUT2D eigenvalue weighted by Gasteiger charge is -2.19. The number of hydrogen-bond donors (Lipinski definition) is 3. The maximum Gasteiger partial charge on any atom is 0.328 e. The average molecular weight is 464 g/mol. The summed E-state index contributed by atoms with van der Waals surface area (Å²) in [6.45, 7) is 0. The van der Waals surface area contributed by atoms with Gasteiger partial charge in [0.15, 0.2) is 10.9 Å². The molecule has 0 fully saturated rings. The van der Waals surface area contributed by atoms with Gasteiger partial charge in [0.25, 0.3) is 0 Å². The van der Waals surface area contributed by atoms with Crippen LogP contribution >= 0.6 is 23.6 Å². The summed E-state index contributed by atoms with van der Waals surface area (Å²) in [5.74, 6) is 0.206. The molecule has 0 saturated heterocycles. The van der Waals surface area contributed by atoms with Crippen molar-refractivity contribution in [2.24, 2.45) is 0 Å². The van der Waals surface area contributed by atoms with E-state index in [9.17, 15) is 4.79 Å². The van der Waals surface area contributed by atoms with Gasteiger partial charge >= 0.3 is 5.97 Å². The smallest absolute Gasteiger partial charge is 0.328 e. The van der Waals surface area contributed by atoms with Crippen LogP contribution < -0.4 is 16.2 Å². The minimum Gasteiger partial charge on any atom is -0.467 e. The molecule has 1 atom stereocenters. The first-order chi connectivity index (χ1) is 15.6. The van der Waals surface area contributed by atoms with Crippen molar-refractivity contribution in [1.82, 2.24) is 20.7 Å². The van der Waals surface area contributed by atoms with Crippen LogP contribution in [-0.4, -0.2) is 34.2 Å². The van der Waals surface area contributed by atoms with Gasteiger partial charge in [-0.1, -0.05) is 60.7 Å². The second-order valence-corrected chi connectivity index (χ2v) is 8.36. The summed E-state index contributed by atoms with van der Waals surface area (Å²) in [6, 6.07) is 21.2. The Morgan fingerprint density at radius 3 is 2.53 bits per heavy atom. The first-order valence-electron chi connectivity index (χ1n) is 9.88. The highest BCUT2D eigenvalue weighted by Crippen LogP contribution is 2.35. The maximum atomic E-state index is 12.2. The SMILES string of the molecule is COC(=O)[C@@H](Cc1ccccc1)NC(=S)NNc1ncnc2cc(-c3ccccc3)sc12. The van der Waals surface area contributed by atoms with Crippen LogP contribution in [0.3, 0.4) is 0 Å². The molecule has 0 amide bonds. The lowest BCUT2D eigenvalue weighted by atomic mass is 10.1. The third-order valence-corrected chi connectivity index (χ3v) is 6.14. The molecule has 0 bridgehead atoms. The summed E-state index contributed by atoms with van der Waals surface area (Å²) in [4.78, 5) is 22.0. The number of thiophene rings is 1. The molecule has 7 nitrogen and oxygen atoms in total. The van der Waals surface area contributed by atoms with E-state index in [0.717, 1.165) is 26.2 Å². The molecule has 0 radical (unpaired) electrons. The highest BCUT2D eigenvalue weighted by molar-refractivity contribution is 7.80. The molecule has 0 saturated carbocycles. The van der Waals surface area contributed by atoms with Crippen LogP contribution in [0.2, 0.25) is 0 Å². The molecule has 3 N–H and O–H groups in total. The van der Waals surface area contributed by atoms with Gasteiger partial charge in [0.05, 0.1) is 17.3 Å². The Balaban J connectivity index is 1.44. The zero-order chi connectivity index (χ0) is 22.3. The molecule has 4 rings (SSSR count). The normalized spacial score (nSPS) is 11.5. The number of hydrogen-bond acceptors (Lipinski definition) is 7. The number of methoxy groups -OCH3 is 1. The molecule has 162 valence electrons. The first kappa shape index (κ1) is 21.7. The van der Waals surface area contributed by atoms with Gasteiger partial charge in [0.1, 0.15) is 12.4 Å². The van der Waals surface area contributed by atoms with Gasteiger partial charge in [-0.3, -0.25) is 10.9 Å². The average Bonchev–Trinajstić information content (AvgIpc) is 3.28. The standard InChI is InChI=1S/C23H21N5O2S2/c1-30-22(29)18(12-15-8-4-2-5-9-15)26-23(31)28-27-21-20-17(24-14-25-21)13-19(32-20)16-10-6-3-7-11-16/h2-11,13-14,18H,12H2,1H3,(H,24,25,27)(H2,26,28,31)/t18-/m1/s1. The summed E-state index contributed by atoms with van der Waals surface area (Å²) < 4.78 is 5.82. The van der Waals surface area contributed by atoms with Gasteiger partial charge in [-0.15, -0.1) is 11.3 Å². The third-order valence-electron chi connectivity index (χ3n) is 4.74. The summed E-state index contributed by atoms with van der Waals surface area (Å²) in [5.41, 5.74) is 8.90. The Hall–Kier alpha value is -3.56. The zero-order valence-electron chi connectivity index (χ0n) is 17.2. The molecule has 2 aromatic carbocycles. The van der Waals surface area contributed by atoms with E-state index in [1.165, 1.54) is 13.4 Å². The number of carbonyl (C=O) groups excluding carboxylic acids is 1. The summed E-state index contributed by atoms with van der Waals surface area (Å²) in [6.07, 6.45) is 1.94. The van der Waals surface area contributed by atoms with Crippen molar-refractivity contribution in [3.8, 4) is 10.4 Å². The number of nitrogens with zero attached hydrogens (tertiary/aromatic N) is 2. The van der Waals surface area contributed by atoms with E-state index in [1.54, 1.807) is 11.3 Å². The molecule has 2 heterocycles. The van der Waals surface area contributed by atoms with Gasteiger partial charge < -0.3 is 10.1 Å². The molecule has 0 aliphatic heterocycles. The van der Waals surface area contributed by atoms with Gasteiger partial charge in [-0.25, -0.2) is 14.8 Å². The Morgan fingerprint density at radius 2 is 1.81 bits per heavy atom. The Labute approximate surface area is 194 Å². The maximum absolute atomic E-state index is 12.2. The second-order valence-electron chi connectivity index (χ2n) is 6.90. The van der Waals surface area contributed by atoms with Crippen molar-refractivity contribution in [3.05, 3.63) is 78.6 Å². The molecule has 0 spiro atoms. The van der Waals surface area contributed by atoms with Crippen LogP contribution in [-0.2, 0) is 16.0 Å². The van der Waals surface area contributed by atoms with E-state index in [-0.39, 0.29) is 5.11 Å². The van der Waals surface area contributed by atoms with Crippen LogP contribution in [0.5, 0.6) is 0 Å². The first-order valence-corrected chi connectivity index (χ1v) is 11.1. The molecule has 9 heteroatoms. The predicted molar refractivity (Wildman–Crippen MR) is 131 cm³/mol. The molecule has 2 aromatic heterocycles. The fourth-order valence-corrected chi connectivity index (χ4v) is 4.44. The van der Waals surface area contributed by atoms with Crippen molar-refractivity contribution < 1.29 is 9.53 Å². The largest absolute Gasteiger partial charge is 0.467 e. The van der Waals surface area contributed by atoms with E-state index < -0.39 is 12.0 Å². The van der Waals surface area contributed by atoms with Crippen molar-refractivity contribution in [2.75, 3.05) is 12.5 Å². The molecule has 0 aliphatic carbocycles. The van der Waals surface area contributed by atoms with E-state index >= 15 is 0 Å². The number of benzene rings is 2. The fraction of sp³-hybridized carbons (Fsp3) is 0.130.